The normalized spacial score (nSPS) is 16.9. The number of hydrogen-bond donors (Lipinski definition) is 4. The van der Waals surface area contributed by atoms with E-state index in [2.05, 4.69) is 61.8 Å². The number of hydrogen-bond acceptors (Lipinski definition) is 3. The molecule has 0 spiro atoms. The quantitative estimate of drug-likeness (QED) is 0.482. The van der Waals surface area contributed by atoms with Gasteiger partial charge in [-0.2, -0.15) is 0 Å². The average molecular weight is 473 g/mol. The third kappa shape index (κ3) is 4.32. The fourth-order valence-electron chi connectivity index (χ4n) is 4.73. The number of nitrogens with two attached hydrogens (primary N) is 2. The molecule has 0 aromatic heterocycles. The van der Waals surface area contributed by atoms with Crippen molar-refractivity contribution in [3.05, 3.63) is 88.2 Å². The van der Waals surface area contributed by atoms with Gasteiger partial charge in [-0.15, -0.1) is 0 Å². The summed E-state index contributed by atoms with van der Waals surface area (Å²) in [5.74, 6) is -1.36. The molecule has 0 fully saturated rings. The fourth-order valence-corrected chi connectivity index (χ4v) is 7.83. The summed E-state index contributed by atoms with van der Waals surface area (Å²) in [6.45, 7) is 6.70. The van der Waals surface area contributed by atoms with Crippen molar-refractivity contribution in [2.24, 2.45) is 5.73 Å². The first-order chi connectivity index (χ1) is 16.1. The van der Waals surface area contributed by atoms with Crippen LogP contribution in [-0.4, -0.2) is 36.8 Å². The van der Waals surface area contributed by atoms with Crippen molar-refractivity contribution in [2.75, 3.05) is 5.32 Å². The largest absolute Gasteiger partial charge is 0.481 e. The second-order valence-corrected chi connectivity index (χ2v) is 13.7. The van der Waals surface area contributed by atoms with Gasteiger partial charge >= 0.3 is 5.97 Å². The van der Waals surface area contributed by atoms with Gasteiger partial charge in [0.05, 0.1) is 6.04 Å². The lowest BCUT2D eigenvalue weighted by Gasteiger charge is -2.38. The summed E-state index contributed by atoms with van der Waals surface area (Å²) in [6, 6.07) is 13.5. The van der Waals surface area contributed by atoms with E-state index < -0.39 is 20.1 Å². The van der Waals surface area contributed by atoms with Gasteiger partial charge < -0.3 is 16.2 Å². The highest BCUT2D eigenvalue weighted by Gasteiger charge is 2.40. The van der Waals surface area contributed by atoms with Crippen LogP contribution < -0.4 is 21.6 Å². The van der Waals surface area contributed by atoms with Crippen LogP contribution in [0, 0.1) is 6.92 Å². The van der Waals surface area contributed by atoms with E-state index in [0.29, 0.717) is 5.69 Å². The van der Waals surface area contributed by atoms with E-state index in [1.807, 2.05) is 24.3 Å². The van der Waals surface area contributed by atoms with Gasteiger partial charge in [0.15, 0.2) is 5.71 Å². The van der Waals surface area contributed by atoms with Crippen molar-refractivity contribution in [1.29, 1.82) is 0 Å². The third-order valence-electron chi connectivity index (χ3n) is 6.64. The molecule has 0 saturated heterocycles. The highest BCUT2D eigenvalue weighted by Crippen LogP contribution is 2.42. The summed E-state index contributed by atoms with van der Waals surface area (Å²) in [7, 11) is -2.16. The van der Waals surface area contributed by atoms with Crippen LogP contribution in [0.4, 0.5) is 5.69 Å². The Bertz CT molecular complexity index is 1300. The smallest absolute Gasteiger partial charge is 0.303 e. The van der Waals surface area contributed by atoms with Gasteiger partial charge in [0.25, 0.3) is 0 Å². The monoisotopic (exact) mass is 472 g/mol. The highest BCUT2D eigenvalue weighted by atomic mass is 28.3. The summed E-state index contributed by atoms with van der Waals surface area (Å²) in [5.41, 5.74) is 13.2. The van der Waals surface area contributed by atoms with E-state index in [4.69, 9.17) is 16.2 Å². The molecular weight excluding hydrogens is 442 g/mol. The molecule has 6 N–H and O–H groups in total. The third-order valence-corrected chi connectivity index (χ3v) is 10.2. The van der Waals surface area contributed by atoms with Gasteiger partial charge in [0.2, 0.25) is 5.91 Å². The average Bonchev–Trinajstić information content (AvgIpc) is 2.79. The van der Waals surface area contributed by atoms with Gasteiger partial charge in [-0.1, -0.05) is 43.4 Å². The highest BCUT2D eigenvalue weighted by molar-refractivity contribution is 6.98. The minimum Gasteiger partial charge on any atom is -0.481 e. The van der Waals surface area contributed by atoms with E-state index >= 15 is 0 Å². The predicted octanol–water partition coefficient (Wildman–Crippen LogP) is 2.09. The molecule has 2 aromatic rings. The number of anilines is 1. The van der Waals surface area contributed by atoms with Crippen LogP contribution in [0.1, 0.15) is 29.5 Å². The number of aliphatic carboxylic acids is 1. The molecular formula is C27H30N3O3Si+. The molecule has 6 nitrogen and oxygen atoms in total. The number of nitrogens with one attached hydrogen (secondary N) is 1. The number of rotatable bonds is 6. The Hall–Kier alpha value is -3.55. The Labute approximate surface area is 200 Å². The molecule has 174 valence electrons. The van der Waals surface area contributed by atoms with Crippen LogP contribution in [0.3, 0.4) is 0 Å². The fraction of sp³-hybridized carbons (Fsp3) is 0.222. The first-order valence-corrected chi connectivity index (χ1v) is 14.4. The van der Waals surface area contributed by atoms with Crippen molar-refractivity contribution < 1.29 is 20.1 Å². The van der Waals surface area contributed by atoms with E-state index in [1.165, 1.54) is 32.7 Å². The van der Waals surface area contributed by atoms with E-state index in [9.17, 15) is 9.59 Å². The SMILES string of the molecule is Cc1ccccc1C1=C2C=CC(=[NH2+])C=C2[Si](C)(C)c2cc(NC(=O)[C@@H](N)CCC(=O)O)ccc21. The Balaban J connectivity index is 1.81. The zero-order valence-electron chi connectivity index (χ0n) is 19.7. The summed E-state index contributed by atoms with van der Waals surface area (Å²) in [5, 5.41) is 20.4. The topological polar surface area (TPSA) is 118 Å². The molecule has 0 saturated carbocycles. The van der Waals surface area contributed by atoms with Crippen LogP contribution >= 0.6 is 0 Å². The summed E-state index contributed by atoms with van der Waals surface area (Å²) in [6.07, 6.45) is 6.12. The van der Waals surface area contributed by atoms with Crippen molar-refractivity contribution in [3.63, 3.8) is 0 Å². The Kier molecular flexibility index (Phi) is 6.25. The second kappa shape index (κ2) is 9.00. The van der Waals surface area contributed by atoms with Crippen LogP contribution in [-0.2, 0) is 9.59 Å². The zero-order valence-corrected chi connectivity index (χ0v) is 20.7. The molecule has 1 amide bonds. The summed E-state index contributed by atoms with van der Waals surface area (Å²) < 4.78 is 0. The molecule has 2 aliphatic rings. The molecule has 0 unspecified atom stereocenters. The van der Waals surface area contributed by atoms with Gasteiger partial charge in [-0.05, 0) is 69.8 Å². The maximum absolute atomic E-state index is 12.6. The minimum absolute atomic E-state index is 0.0875. The number of fused-ring (bicyclic) bond motifs is 2. The number of aryl methyl sites for hydroxylation is 1. The van der Waals surface area contributed by atoms with Crippen LogP contribution in [0.25, 0.3) is 5.57 Å². The molecule has 2 aromatic carbocycles. The number of carboxylic acids is 1. The first kappa shape index (κ1) is 23.6. The lowest BCUT2D eigenvalue weighted by atomic mass is 9.87. The van der Waals surface area contributed by atoms with Crippen molar-refractivity contribution in [2.45, 2.75) is 38.9 Å². The molecule has 0 radical (unpaired) electrons. The van der Waals surface area contributed by atoms with Crippen molar-refractivity contribution >= 4 is 42.1 Å². The maximum Gasteiger partial charge on any atom is 0.303 e. The van der Waals surface area contributed by atoms with E-state index in [-0.39, 0.29) is 18.7 Å². The lowest BCUT2D eigenvalue weighted by Crippen LogP contribution is -2.51. The summed E-state index contributed by atoms with van der Waals surface area (Å²) >= 11 is 0. The van der Waals surface area contributed by atoms with Crippen LogP contribution in [0.15, 0.2) is 71.5 Å². The Morgan fingerprint density at radius 1 is 1.12 bits per heavy atom. The molecule has 4 rings (SSSR count). The Morgan fingerprint density at radius 3 is 2.56 bits per heavy atom. The molecule has 1 aliphatic heterocycles. The maximum atomic E-state index is 12.6. The molecule has 1 heterocycles. The minimum atomic E-state index is -2.16. The van der Waals surface area contributed by atoms with Gasteiger partial charge in [0.1, 0.15) is 8.07 Å². The van der Waals surface area contributed by atoms with Gasteiger partial charge in [0, 0.05) is 24.3 Å². The number of carbonyl (C=O) groups is 2. The Morgan fingerprint density at radius 2 is 1.85 bits per heavy atom. The van der Waals surface area contributed by atoms with Crippen LogP contribution in [0.2, 0.25) is 13.1 Å². The molecule has 1 aliphatic carbocycles. The number of carboxylic acid groups (broad SMARTS) is 1. The summed E-state index contributed by atoms with van der Waals surface area (Å²) in [4.78, 5) is 23.4. The van der Waals surface area contributed by atoms with E-state index in [0.717, 1.165) is 11.3 Å². The lowest BCUT2D eigenvalue weighted by molar-refractivity contribution is -0.137. The predicted molar refractivity (Wildman–Crippen MR) is 138 cm³/mol. The second-order valence-electron chi connectivity index (χ2n) is 9.41. The molecule has 34 heavy (non-hydrogen) atoms. The number of amides is 1. The molecule has 1 atom stereocenters. The molecule has 7 heteroatoms. The van der Waals surface area contributed by atoms with Gasteiger partial charge in [-0.25, -0.2) is 0 Å². The van der Waals surface area contributed by atoms with Crippen molar-refractivity contribution in [1.82, 2.24) is 0 Å². The van der Waals surface area contributed by atoms with Crippen LogP contribution in [0.5, 0.6) is 0 Å². The zero-order chi connectivity index (χ0) is 24.6. The van der Waals surface area contributed by atoms with E-state index in [1.54, 1.807) is 0 Å². The number of allylic oxidation sites excluding steroid dienone is 5. The molecule has 0 bridgehead atoms. The van der Waals surface area contributed by atoms with Gasteiger partial charge in [-0.3, -0.25) is 15.0 Å². The number of benzene rings is 2. The first-order valence-electron chi connectivity index (χ1n) is 11.4. The standard InChI is InChI=1S/C27H29N3O3Si/c1-16-6-4-5-7-19(16)26-20-10-8-17(28)14-23(20)34(2,3)24-15-18(9-11-21(24)26)30-27(33)22(29)12-13-25(31)32/h4-11,14-15,22,28H,12-13,29H2,1-3H3,(H,30,33)(H,31,32)/p+1/t22-/m0/s1. The van der Waals surface area contributed by atoms with Crippen molar-refractivity contribution in [3.8, 4) is 0 Å². The number of carbonyl (C=O) groups excluding carboxylic acids is 1.